The number of rotatable bonds is 6. The fraction of sp³-hybridized carbons (Fsp3) is 0.222. The van der Waals surface area contributed by atoms with Crippen molar-refractivity contribution in [2.75, 3.05) is 0 Å². The van der Waals surface area contributed by atoms with Crippen molar-refractivity contribution in [1.82, 2.24) is 5.32 Å². The van der Waals surface area contributed by atoms with Crippen LogP contribution in [-0.2, 0) is 27.3 Å². The van der Waals surface area contributed by atoms with E-state index in [1.165, 1.54) is 37.3 Å². The van der Waals surface area contributed by atoms with Crippen molar-refractivity contribution < 1.29 is 23.1 Å². The molecule has 0 saturated carbocycles. The monoisotopic (exact) mass is 333 g/mol. The van der Waals surface area contributed by atoms with Gasteiger partial charge in [-0.05, 0) is 42.3 Å². The van der Waals surface area contributed by atoms with Gasteiger partial charge in [-0.1, -0.05) is 24.3 Å². The van der Waals surface area contributed by atoms with E-state index in [2.05, 4.69) is 5.32 Å². The van der Waals surface area contributed by atoms with Crippen molar-refractivity contribution in [2.24, 2.45) is 0 Å². The molecule has 0 heterocycles. The first kappa shape index (κ1) is 17.6. The summed E-state index contributed by atoms with van der Waals surface area (Å²) in [6, 6.07) is 11.3. The van der Waals surface area contributed by atoms with Crippen LogP contribution in [0.15, 0.2) is 48.5 Å². The molecule has 0 aliphatic heterocycles. The highest BCUT2D eigenvalue weighted by Crippen LogP contribution is 2.07. The van der Waals surface area contributed by atoms with E-state index in [4.69, 9.17) is 4.74 Å². The molecule has 4 nitrogen and oxygen atoms in total. The maximum atomic E-state index is 13.1. The van der Waals surface area contributed by atoms with E-state index in [0.29, 0.717) is 5.56 Å². The lowest BCUT2D eigenvalue weighted by atomic mass is 10.1. The summed E-state index contributed by atoms with van der Waals surface area (Å²) in [5.74, 6) is -1.88. The second-order valence-corrected chi connectivity index (χ2v) is 5.28. The minimum atomic E-state index is -0.980. The molecule has 0 aromatic heterocycles. The maximum absolute atomic E-state index is 13.1. The molecule has 0 spiro atoms. The van der Waals surface area contributed by atoms with Crippen LogP contribution in [0.2, 0.25) is 0 Å². The largest absolute Gasteiger partial charge is 0.452 e. The molecule has 0 bridgehead atoms. The zero-order chi connectivity index (χ0) is 17.5. The van der Waals surface area contributed by atoms with Crippen LogP contribution in [0.1, 0.15) is 18.1 Å². The number of hydrogen-bond acceptors (Lipinski definition) is 3. The van der Waals surface area contributed by atoms with Gasteiger partial charge in [0.05, 0.1) is 6.42 Å². The van der Waals surface area contributed by atoms with Gasteiger partial charge >= 0.3 is 5.97 Å². The zero-order valence-corrected chi connectivity index (χ0v) is 13.1. The zero-order valence-electron chi connectivity index (χ0n) is 13.1. The summed E-state index contributed by atoms with van der Waals surface area (Å²) in [7, 11) is 0. The van der Waals surface area contributed by atoms with Gasteiger partial charge in [0.15, 0.2) is 6.10 Å². The summed E-state index contributed by atoms with van der Waals surface area (Å²) >= 11 is 0. The molecule has 2 aromatic rings. The number of carbonyl (C=O) groups is 2. The SMILES string of the molecule is C[C@@H](OC(=O)Cc1cccc(F)c1)C(=O)NCc1ccc(F)cc1. The highest BCUT2D eigenvalue weighted by molar-refractivity contribution is 5.83. The van der Waals surface area contributed by atoms with E-state index < -0.39 is 23.8 Å². The summed E-state index contributed by atoms with van der Waals surface area (Å²) in [6.07, 6.45) is -1.10. The van der Waals surface area contributed by atoms with E-state index in [0.717, 1.165) is 5.56 Å². The second-order valence-electron chi connectivity index (χ2n) is 5.28. The first-order valence-corrected chi connectivity index (χ1v) is 7.40. The Balaban J connectivity index is 1.80. The predicted molar refractivity (Wildman–Crippen MR) is 83.9 cm³/mol. The lowest BCUT2D eigenvalue weighted by molar-refractivity contribution is -0.154. The topological polar surface area (TPSA) is 55.4 Å². The highest BCUT2D eigenvalue weighted by Gasteiger charge is 2.17. The second kappa shape index (κ2) is 8.19. The summed E-state index contributed by atoms with van der Waals surface area (Å²) in [6.45, 7) is 1.65. The standard InChI is InChI=1S/C18H17F2NO3/c1-12(18(23)21-11-13-5-7-15(19)8-6-13)24-17(22)10-14-3-2-4-16(20)9-14/h2-9,12H,10-11H2,1H3,(H,21,23)/t12-/m1/s1. The normalized spacial score (nSPS) is 11.6. The van der Waals surface area contributed by atoms with Gasteiger partial charge in [0.25, 0.3) is 5.91 Å². The molecule has 0 aliphatic carbocycles. The van der Waals surface area contributed by atoms with Crippen LogP contribution in [0.4, 0.5) is 8.78 Å². The van der Waals surface area contributed by atoms with Crippen molar-refractivity contribution in [2.45, 2.75) is 26.0 Å². The first-order chi connectivity index (χ1) is 11.4. The number of hydrogen-bond donors (Lipinski definition) is 1. The summed E-state index contributed by atoms with van der Waals surface area (Å²) in [4.78, 5) is 23.7. The molecule has 0 radical (unpaired) electrons. The van der Waals surface area contributed by atoms with Crippen LogP contribution in [-0.4, -0.2) is 18.0 Å². The van der Waals surface area contributed by atoms with E-state index >= 15 is 0 Å². The van der Waals surface area contributed by atoms with Gasteiger partial charge in [0, 0.05) is 6.54 Å². The van der Waals surface area contributed by atoms with Crippen LogP contribution < -0.4 is 5.32 Å². The smallest absolute Gasteiger partial charge is 0.311 e. The van der Waals surface area contributed by atoms with Crippen LogP contribution in [0.5, 0.6) is 0 Å². The molecular weight excluding hydrogens is 316 g/mol. The van der Waals surface area contributed by atoms with Crippen LogP contribution >= 0.6 is 0 Å². The minimum Gasteiger partial charge on any atom is -0.452 e. The summed E-state index contributed by atoms with van der Waals surface area (Å²) < 4.78 is 30.9. The molecule has 2 rings (SSSR count). The van der Waals surface area contributed by atoms with Gasteiger partial charge < -0.3 is 10.1 Å². The molecule has 126 valence electrons. The third-order valence-electron chi connectivity index (χ3n) is 3.29. The number of amides is 1. The fourth-order valence-corrected chi connectivity index (χ4v) is 2.04. The molecule has 0 fully saturated rings. The summed E-state index contributed by atoms with van der Waals surface area (Å²) in [5, 5.41) is 2.60. The number of halogens is 2. The van der Waals surface area contributed by atoms with E-state index in [9.17, 15) is 18.4 Å². The van der Waals surface area contributed by atoms with E-state index in [-0.39, 0.29) is 18.8 Å². The molecule has 0 aliphatic rings. The van der Waals surface area contributed by atoms with Crippen LogP contribution in [0.25, 0.3) is 0 Å². The van der Waals surface area contributed by atoms with Crippen LogP contribution in [0, 0.1) is 11.6 Å². The number of benzene rings is 2. The Labute approximate surface area is 138 Å². The highest BCUT2D eigenvalue weighted by atomic mass is 19.1. The van der Waals surface area contributed by atoms with Crippen molar-refractivity contribution in [1.29, 1.82) is 0 Å². The van der Waals surface area contributed by atoms with Crippen molar-refractivity contribution in [3.05, 3.63) is 71.3 Å². The maximum Gasteiger partial charge on any atom is 0.311 e. The molecule has 0 saturated heterocycles. The molecular formula is C18H17F2NO3. The number of ether oxygens (including phenoxy) is 1. The van der Waals surface area contributed by atoms with E-state index in [1.54, 1.807) is 18.2 Å². The van der Waals surface area contributed by atoms with Crippen molar-refractivity contribution in [3.8, 4) is 0 Å². The van der Waals surface area contributed by atoms with Gasteiger partial charge in [0.1, 0.15) is 11.6 Å². The Hall–Kier alpha value is -2.76. The minimum absolute atomic E-state index is 0.118. The Kier molecular flexibility index (Phi) is 6.01. The number of nitrogens with one attached hydrogen (secondary N) is 1. The number of esters is 1. The van der Waals surface area contributed by atoms with Crippen molar-refractivity contribution >= 4 is 11.9 Å². The third kappa shape index (κ3) is 5.46. The Morgan fingerprint density at radius 2 is 1.75 bits per heavy atom. The van der Waals surface area contributed by atoms with Gasteiger partial charge in [-0.2, -0.15) is 0 Å². The average Bonchev–Trinajstić information content (AvgIpc) is 2.53. The van der Waals surface area contributed by atoms with Gasteiger partial charge in [-0.25, -0.2) is 8.78 Å². The Morgan fingerprint density at radius 3 is 2.42 bits per heavy atom. The molecule has 6 heteroatoms. The molecule has 24 heavy (non-hydrogen) atoms. The molecule has 1 amide bonds. The molecule has 1 N–H and O–H groups in total. The average molecular weight is 333 g/mol. The Morgan fingerprint density at radius 1 is 1.04 bits per heavy atom. The van der Waals surface area contributed by atoms with Crippen molar-refractivity contribution in [3.63, 3.8) is 0 Å². The number of carbonyl (C=O) groups excluding carboxylic acids is 2. The van der Waals surface area contributed by atoms with Gasteiger partial charge in [-0.15, -0.1) is 0 Å². The molecule has 2 aromatic carbocycles. The van der Waals surface area contributed by atoms with E-state index in [1.807, 2.05) is 0 Å². The molecule has 0 unspecified atom stereocenters. The lowest BCUT2D eigenvalue weighted by Gasteiger charge is -2.13. The lowest BCUT2D eigenvalue weighted by Crippen LogP contribution is -2.35. The summed E-state index contributed by atoms with van der Waals surface area (Å²) in [5.41, 5.74) is 1.20. The van der Waals surface area contributed by atoms with Gasteiger partial charge in [0.2, 0.25) is 0 Å². The first-order valence-electron chi connectivity index (χ1n) is 7.40. The van der Waals surface area contributed by atoms with Gasteiger partial charge in [-0.3, -0.25) is 9.59 Å². The molecule has 1 atom stereocenters. The predicted octanol–water partition coefficient (Wildman–Crippen LogP) is 2.76. The van der Waals surface area contributed by atoms with Crippen LogP contribution in [0.3, 0.4) is 0 Å². The quantitative estimate of drug-likeness (QED) is 0.827. The fourth-order valence-electron chi connectivity index (χ4n) is 2.04. The Bertz CT molecular complexity index is 716. The third-order valence-corrected chi connectivity index (χ3v) is 3.29.